The van der Waals surface area contributed by atoms with Crippen LogP contribution in [0.3, 0.4) is 0 Å². The summed E-state index contributed by atoms with van der Waals surface area (Å²) in [6.45, 7) is 8.13. The van der Waals surface area contributed by atoms with Crippen molar-refractivity contribution in [2.24, 2.45) is 0 Å². The van der Waals surface area contributed by atoms with E-state index in [1.54, 1.807) is 59.1 Å². The maximum Gasteiger partial charge on any atom is 0.244 e. The Bertz CT molecular complexity index is 1800. The van der Waals surface area contributed by atoms with Crippen LogP contribution >= 0.6 is 0 Å². The number of benzene rings is 3. The lowest BCUT2D eigenvalue weighted by molar-refractivity contribution is -0.119. The van der Waals surface area contributed by atoms with Gasteiger partial charge in [0.2, 0.25) is 11.6 Å². The second-order valence-corrected chi connectivity index (χ2v) is 11.4. The smallest absolute Gasteiger partial charge is 0.244 e. The van der Waals surface area contributed by atoms with Gasteiger partial charge >= 0.3 is 0 Å². The van der Waals surface area contributed by atoms with Crippen molar-refractivity contribution in [1.29, 1.82) is 0 Å². The molecule has 0 atom stereocenters. The fraction of sp³-hybridized carbons (Fsp3) is 0.286. The Kier molecular flexibility index (Phi) is 7.97. The van der Waals surface area contributed by atoms with E-state index in [2.05, 4.69) is 12.1 Å². The number of methoxy groups -OCH3 is 1. The van der Waals surface area contributed by atoms with Gasteiger partial charge in [-0.15, -0.1) is 0 Å². The highest BCUT2D eigenvalue weighted by atomic mass is 16.7. The minimum Gasteiger partial charge on any atom is -0.497 e. The van der Waals surface area contributed by atoms with E-state index in [4.69, 9.17) is 42.3 Å². The second kappa shape index (κ2) is 12.0. The lowest BCUT2D eigenvalue weighted by Gasteiger charge is -2.19. The summed E-state index contributed by atoms with van der Waals surface area (Å²) in [5.74, 6) is 2.31. The van der Waals surface area contributed by atoms with Gasteiger partial charge in [0.1, 0.15) is 72.1 Å². The van der Waals surface area contributed by atoms with Crippen molar-refractivity contribution in [2.45, 2.75) is 45.9 Å². The number of fused-ring (bicyclic) bond motifs is 3. The van der Waals surface area contributed by atoms with Gasteiger partial charge in [0.15, 0.2) is 16.9 Å². The Labute approximate surface area is 260 Å². The van der Waals surface area contributed by atoms with Crippen molar-refractivity contribution in [3.05, 3.63) is 107 Å². The summed E-state index contributed by atoms with van der Waals surface area (Å²) in [4.78, 5) is 13.2. The first-order chi connectivity index (χ1) is 21.6. The van der Waals surface area contributed by atoms with Crippen LogP contribution < -0.4 is 24.4 Å². The van der Waals surface area contributed by atoms with Crippen molar-refractivity contribution in [1.82, 2.24) is 0 Å². The summed E-state index contributed by atoms with van der Waals surface area (Å²) in [6, 6.07) is 20.0. The minimum atomic E-state index is -0.775. The highest BCUT2D eigenvalue weighted by molar-refractivity contribution is 5.86. The molecule has 4 heterocycles. The summed E-state index contributed by atoms with van der Waals surface area (Å²) < 4.78 is 50.8. The van der Waals surface area contributed by atoms with Crippen LogP contribution in [0.1, 0.15) is 33.3 Å². The molecule has 3 aliphatic rings. The quantitative estimate of drug-likeness (QED) is 0.205. The fourth-order valence-corrected chi connectivity index (χ4v) is 4.79. The summed E-state index contributed by atoms with van der Waals surface area (Å²) in [5, 5.41) is 0.282. The summed E-state index contributed by atoms with van der Waals surface area (Å²) in [5.41, 5.74) is 2.05. The third-order valence-corrected chi connectivity index (χ3v) is 6.90. The molecule has 7 rings (SSSR count). The number of hydrogen-bond donors (Lipinski definition) is 0. The lowest BCUT2D eigenvalue weighted by atomic mass is 10.1. The summed E-state index contributed by atoms with van der Waals surface area (Å²) in [6.07, 6.45) is 3.02. The van der Waals surface area contributed by atoms with Crippen LogP contribution in [0.5, 0.6) is 23.0 Å². The predicted molar refractivity (Wildman–Crippen MR) is 165 cm³/mol. The van der Waals surface area contributed by atoms with Gasteiger partial charge in [-0.3, -0.25) is 4.79 Å². The Balaban J connectivity index is 0.000000383. The molecule has 0 amide bonds. The Hall–Kier alpha value is -5.25. The molecule has 0 fully saturated rings. The molecule has 2 bridgehead atoms. The molecule has 3 aromatic carbocycles. The topological polar surface area (TPSA) is 104 Å². The second-order valence-electron chi connectivity index (χ2n) is 11.4. The van der Waals surface area contributed by atoms with Crippen LogP contribution in [0.15, 0.2) is 100.0 Å². The van der Waals surface area contributed by atoms with E-state index in [0.29, 0.717) is 34.4 Å². The molecule has 0 unspecified atom stereocenters. The molecule has 10 heteroatoms. The van der Waals surface area contributed by atoms with Gasteiger partial charge in [-0.2, -0.15) is 0 Å². The van der Waals surface area contributed by atoms with Crippen molar-refractivity contribution in [3.8, 4) is 34.3 Å². The van der Waals surface area contributed by atoms with Crippen molar-refractivity contribution in [3.63, 3.8) is 0 Å². The van der Waals surface area contributed by atoms with Crippen LogP contribution in [-0.4, -0.2) is 31.9 Å². The van der Waals surface area contributed by atoms with Gasteiger partial charge in [0.05, 0.1) is 7.11 Å². The van der Waals surface area contributed by atoms with Gasteiger partial charge < -0.3 is 42.3 Å². The molecular formula is C35H34O10. The van der Waals surface area contributed by atoms with Gasteiger partial charge in [0.25, 0.3) is 0 Å². The van der Waals surface area contributed by atoms with Crippen LogP contribution in [-0.2, 0) is 25.6 Å². The van der Waals surface area contributed by atoms with Crippen molar-refractivity contribution in [2.75, 3.05) is 20.3 Å². The molecule has 0 spiro atoms. The maximum atomic E-state index is 13.2. The highest BCUT2D eigenvalue weighted by Gasteiger charge is 2.29. The molecule has 0 radical (unpaired) electrons. The van der Waals surface area contributed by atoms with E-state index in [1.165, 1.54) is 24.2 Å². The van der Waals surface area contributed by atoms with E-state index in [1.807, 2.05) is 24.3 Å². The minimum absolute atomic E-state index is 0.0535. The first-order valence-electron chi connectivity index (χ1n) is 14.4. The SMILES string of the molecule is COc1ccc(-c2cc(=O)c3c(OCC4=COC(C)(C)O4)cc(OCC4=COC(C)(C)O4)cc3o2)cc1.c1cc2cc(c1)OC2. The molecule has 1 aromatic heterocycles. The molecule has 0 aliphatic carbocycles. The molecule has 3 aliphatic heterocycles. The Morgan fingerprint density at radius 2 is 1.47 bits per heavy atom. The molecular weight excluding hydrogens is 580 g/mol. The normalized spacial score (nSPS) is 16.5. The summed E-state index contributed by atoms with van der Waals surface area (Å²) >= 11 is 0. The van der Waals surface area contributed by atoms with E-state index < -0.39 is 11.6 Å². The Morgan fingerprint density at radius 3 is 2.07 bits per heavy atom. The van der Waals surface area contributed by atoms with E-state index >= 15 is 0 Å². The average Bonchev–Trinajstić information content (AvgIpc) is 3.68. The number of ether oxygens (including phenoxy) is 8. The predicted octanol–water partition coefficient (Wildman–Crippen LogP) is 7.05. The van der Waals surface area contributed by atoms with Gasteiger partial charge in [-0.25, -0.2) is 0 Å². The molecule has 0 saturated heterocycles. The third-order valence-electron chi connectivity index (χ3n) is 6.90. The average molecular weight is 615 g/mol. The van der Waals surface area contributed by atoms with Gasteiger partial charge in [0, 0.05) is 51.5 Å². The number of rotatable bonds is 8. The van der Waals surface area contributed by atoms with Crippen molar-refractivity contribution >= 4 is 11.0 Å². The van der Waals surface area contributed by atoms with Crippen LogP contribution in [0.2, 0.25) is 0 Å². The first kappa shape index (κ1) is 29.8. The zero-order chi connectivity index (χ0) is 31.6. The zero-order valence-corrected chi connectivity index (χ0v) is 25.7. The van der Waals surface area contributed by atoms with E-state index in [9.17, 15) is 4.79 Å². The zero-order valence-electron chi connectivity index (χ0n) is 25.7. The molecule has 45 heavy (non-hydrogen) atoms. The van der Waals surface area contributed by atoms with Crippen LogP contribution in [0.4, 0.5) is 0 Å². The maximum absolute atomic E-state index is 13.2. The monoisotopic (exact) mass is 614 g/mol. The number of hydrogen-bond acceptors (Lipinski definition) is 10. The van der Waals surface area contributed by atoms with E-state index in [0.717, 1.165) is 17.9 Å². The van der Waals surface area contributed by atoms with Crippen LogP contribution in [0.25, 0.3) is 22.3 Å². The van der Waals surface area contributed by atoms with Gasteiger partial charge in [-0.1, -0.05) is 12.1 Å². The third kappa shape index (κ3) is 7.12. The Morgan fingerprint density at radius 1 is 0.778 bits per heavy atom. The molecule has 0 saturated carbocycles. The summed E-state index contributed by atoms with van der Waals surface area (Å²) in [7, 11) is 1.59. The standard InChI is InChI=1S/C28H28O9.C7H6O/c1-27(2)33-15-20(36-27)13-31-19-10-24(32-14-21-16-34-28(3,4)37-21)26-22(29)12-23(35-25(26)11-19)17-6-8-18(30-5)9-7-17;1-2-6-4-7(3-1)8-5-6/h6-12,15-16H,13-14H2,1-5H3;1-4H,5H2. The molecule has 0 N–H and O–H groups in total. The molecule has 4 aromatic rings. The first-order valence-corrected chi connectivity index (χ1v) is 14.4. The fourth-order valence-electron chi connectivity index (χ4n) is 4.79. The van der Waals surface area contributed by atoms with E-state index in [-0.39, 0.29) is 29.8 Å². The lowest BCUT2D eigenvalue weighted by Crippen LogP contribution is -2.21. The largest absolute Gasteiger partial charge is 0.497 e. The highest BCUT2D eigenvalue weighted by Crippen LogP contribution is 2.34. The molecule has 10 nitrogen and oxygen atoms in total. The van der Waals surface area contributed by atoms with Crippen molar-refractivity contribution < 1.29 is 42.3 Å². The van der Waals surface area contributed by atoms with Gasteiger partial charge in [-0.05, 0) is 42.0 Å². The molecule has 234 valence electrons. The van der Waals surface area contributed by atoms with Crippen LogP contribution in [0, 0.1) is 0 Å².